The maximum atomic E-state index is 12.1. The first-order valence-corrected chi connectivity index (χ1v) is 7.84. The first-order valence-electron chi connectivity index (χ1n) is 7.84. The van der Waals surface area contributed by atoms with Crippen molar-refractivity contribution >= 4 is 23.3 Å². The van der Waals surface area contributed by atoms with Gasteiger partial charge in [-0.2, -0.15) is 0 Å². The van der Waals surface area contributed by atoms with Crippen molar-refractivity contribution in [2.24, 2.45) is 0 Å². The van der Waals surface area contributed by atoms with Gasteiger partial charge in [0.05, 0.1) is 0 Å². The number of aliphatic hydroxyl groups is 1. The van der Waals surface area contributed by atoms with Gasteiger partial charge in [0.2, 0.25) is 0 Å². The molecule has 2 N–H and O–H groups in total. The highest BCUT2D eigenvalue weighted by molar-refractivity contribution is 6.07. The van der Waals surface area contributed by atoms with Gasteiger partial charge in [-0.1, -0.05) is 30.3 Å². The molecule has 0 atom stereocenters. The molecule has 0 aliphatic heterocycles. The summed E-state index contributed by atoms with van der Waals surface area (Å²) in [4.78, 5) is 24.8. The van der Waals surface area contributed by atoms with Gasteiger partial charge in [-0.05, 0) is 45.0 Å². The Balaban J connectivity index is 2.26. The lowest BCUT2D eigenvalue weighted by Crippen LogP contribution is -2.45. The number of hydrogen-bond acceptors (Lipinski definition) is 3. The van der Waals surface area contributed by atoms with Crippen LogP contribution in [0.4, 0.5) is 10.5 Å². The maximum Gasteiger partial charge on any atom is 0.412 e. The van der Waals surface area contributed by atoms with Crippen LogP contribution in [0.15, 0.2) is 60.7 Å². The zero-order valence-electron chi connectivity index (χ0n) is 14.4. The molecular formula is C20H21NO4. The molecule has 0 saturated carbocycles. The van der Waals surface area contributed by atoms with E-state index in [0.29, 0.717) is 16.8 Å². The van der Waals surface area contributed by atoms with Crippen LogP contribution in [0.25, 0.3) is 5.76 Å². The summed E-state index contributed by atoms with van der Waals surface area (Å²) in [6.45, 7) is 5.39. The van der Waals surface area contributed by atoms with E-state index in [2.05, 4.69) is 0 Å². The summed E-state index contributed by atoms with van der Waals surface area (Å²) in [6.07, 6.45) is 0.0996. The first kappa shape index (κ1) is 18.3. The Kier molecular flexibility index (Phi) is 5.27. The smallest absolute Gasteiger partial charge is 0.412 e. The van der Waals surface area contributed by atoms with E-state index < -0.39 is 11.6 Å². The summed E-state index contributed by atoms with van der Waals surface area (Å²) in [6, 6.07) is 15.0. The van der Waals surface area contributed by atoms with Crippen LogP contribution in [-0.2, 0) is 0 Å². The van der Waals surface area contributed by atoms with Crippen molar-refractivity contribution in [3.8, 4) is 0 Å². The molecular weight excluding hydrogens is 318 g/mol. The Hall–Kier alpha value is -3.08. The highest BCUT2D eigenvalue weighted by atomic mass is 16.4. The van der Waals surface area contributed by atoms with Crippen molar-refractivity contribution in [3.05, 3.63) is 71.8 Å². The largest absolute Gasteiger partial charge is 0.507 e. The monoisotopic (exact) mass is 339 g/mol. The molecule has 25 heavy (non-hydrogen) atoms. The average molecular weight is 339 g/mol. The van der Waals surface area contributed by atoms with Gasteiger partial charge < -0.3 is 10.2 Å². The molecule has 2 rings (SSSR count). The molecule has 2 aromatic rings. The van der Waals surface area contributed by atoms with Crippen LogP contribution in [0, 0.1) is 0 Å². The molecule has 5 heteroatoms. The number of anilines is 1. The SMILES string of the molecule is CC(C)(C)N(C(=O)O)c1ccc(/C(O)=C/C(=O)c2ccccc2)cc1. The Morgan fingerprint density at radius 3 is 1.92 bits per heavy atom. The van der Waals surface area contributed by atoms with Gasteiger partial charge in [0.25, 0.3) is 0 Å². The second-order valence-corrected chi connectivity index (χ2v) is 6.60. The van der Waals surface area contributed by atoms with E-state index in [1.54, 1.807) is 69.3 Å². The molecule has 0 aliphatic rings. The molecule has 0 fully saturated rings. The highest BCUT2D eigenvalue weighted by Crippen LogP contribution is 2.25. The molecule has 5 nitrogen and oxygen atoms in total. The third-order valence-electron chi connectivity index (χ3n) is 3.61. The third-order valence-corrected chi connectivity index (χ3v) is 3.61. The van der Waals surface area contributed by atoms with Gasteiger partial charge in [0.15, 0.2) is 5.78 Å². The van der Waals surface area contributed by atoms with Crippen LogP contribution < -0.4 is 4.90 Å². The van der Waals surface area contributed by atoms with Crippen LogP contribution in [-0.4, -0.2) is 27.6 Å². The van der Waals surface area contributed by atoms with E-state index in [1.807, 2.05) is 6.07 Å². The molecule has 130 valence electrons. The fraction of sp³-hybridized carbons (Fsp3) is 0.200. The van der Waals surface area contributed by atoms with E-state index in [0.717, 1.165) is 6.08 Å². The number of aliphatic hydroxyl groups excluding tert-OH is 1. The molecule has 0 heterocycles. The molecule has 0 unspecified atom stereocenters. The molecule has 0 bridgehead atoms. The van der Waals surface area contributed by atoms with Crippen molar-refractivity contribution in [2.45, 2.75) is 26.3 Å². The minimum Gasteiger partial charge on any atom is -0.507 e. The van der Waals surface area contributed by atoms with Gasteiger partial charge >= 0.3 is 6.09 Å². The number of amides is 1. The zero-order valence-corrected chi connectivity index (χ0v) is 14.4. The van der Waals surface area contributed by atoms with Gasteiger partial charge in [-0.25, -0.2) is 4.79 Å². The number of nitrogens with zero attached hydrogens (tertiary/aromatic N) is 1. The van der Waals surface area contributed by atoms with Crippen molar-refractivity contribution in [1.82, 2.24) is 0 Å². The fourth-order valence-corrected chi connectivity index (χ4v) is 2.46. The average Bonchev–Trinajstić information content (AvgIpc) is 2.54. The summed E-state index contributed by atoms with van der Waals surface area (Å²) in [7, 11) is 0. The summed E-state index contributed by atoms with van der Waals surface area (Å²) in [5, 5.41) is 19.6. The summed E-state index contributed by atoms with van der Waals surface area (Å²) >= 11 is 0. The van der Waals surface area contributed by atoms with Crippen molar-refractivity contribution in [3.63, 3.8) is 0 Å². The minimum absolute atomic E-state index is 0.168. The summed E-state index contributed by atoms with van der Waals surface area (Å²) < 4.78 is 0. The lowest BCUT2D eigenvalue weighted by Gasteiger charge is -2.33. The molecule has 2 aromatic carbocycles. The molecule has 0 radical (unpaired) electrons. The molecule has 0 aromatic heterocycles. The van der Waals surface area contributed by atoms with Crippen LogP contribution in [0.5, 0.6) is 0 Å². The van der Waals surface area contributed by atoms with Crippen LogP contribution in [0.2, 0.25) is 0 Å². The van der Waals surface area contributed by atoms with E-state index >= 15 is 0 Å². The predicted molar refractivity (Wildman–Crippen MR) is 98.1 cm³/mol. The third kappa shape index (κ3) is 4.47. The number of ketones is 1. The number of allylic oxidation sites excluding steroid dienone is 1. The van der Waals surface area contributed by atoms with Crippen LogP contribution >= 0.6 is 0 Å². The number of carbonyl (C=O) groups is 2. The van der Waals surface area contributed by atoms with E-state index in [9.17, 15) is 19.8 Å². The Labute approximate surface area is 146 Å². The molecule has 0 aliphatic carbocycles. The topological polar surface area (TPSA) is 77.8 Å². The number of benzene rings is 2. The standard InChI is InChI=1S/C20H21NO4/c1-20(2,3)21(19(24)25)16-11-9-15(10-12-16)18(23)13-17(22)14-7-5-4-6-8-14/h4-13,23H,1-3H3,(H,24,25)/b18-13-. The zero-order chi connectivity index (χ0) is 18.6. The number of rotatable bonds is 4. The Bertz CT molecular complexity index is 787. The van der Waals surface area contributed by atoms with E-state index in [4.69, 9.17) is 0 Å². The molecule has 1 amide bonds. The quantitative estimate of drug-likeness (QED) is 0.478. The summed E-state index contributed by atoms with van der Waals surface area (Å²) in [5.74, 6) is -0.470. The Morgan fingerprint density at radius 1 is 0.880 bits per heavy atom. The van der Waals surface area contributed by atoms with Crippen molar-refractivity contribution < 1.29 is 19.8 Å². The van der Waals surface area contributed by atoms with Gasteiger partial charge in [-0.3, -0.25) is 9.69 Å². The lowest BCUT2D eigenvalue weighted by atomic mass is 10.0. The highest BCUT2D eigenvalue weighted by Gasteiger charge is 2.27. The van der Waals surface area contributed by atoms with E-state index in [1.165, 1.54) is 4.90 Å². The fourth-order valence-electron chi connectivity index (χ4n) is 2.46. The van der Waals surface area contributed by atoms with Gasteiger partial charge in [0.1, 0.15) is 5.76 Å². The number of carbonyl (C=O) groups excluding carboxylic acids is 1. The van der Waals surface area contributed by atoms with Crippen molar-refractivity contribution in [2.75, 3.05) is 4.90 Å². The Morgan fingerprint density at radius 2 is 1.44 bits per heavy atom. The second-order valence-electron chi connectivity index (χ2n) is 6.60. The maximum absolute atomic E-state index is 12.1. The normalized spacial score (nSPS) is 11.9. The number of carboxylic acid groups (broad SMARTS) is 1. The van der Waals surface area contributed by atoms with Gasteiger partial charge in [0, 0.05) is 28.4 Å². The predicted octanol–water partition coefficient (Wildman–Crippen LogP) is 4.75. The molecule has 0 spiro atoms. The second kappa shape index (κ2) is 7.21. The van der Waals surface area contributed by atoms with Gasteiger partial charge in [-0.15, -0.1) is 0 Å². The first-order chi connectivity index (χ1) is 11.7. The molecule has 0 saturated heterocycles. The lowest BCUT2D eigenvalue weighted by molar-refractivity contribution is 0.104. The van der Waals surface area contributed by atoms with Crippen LogP contribution in [0.3, 0.4) is 0 Å². The van der Waals surface area contributed by atoms with Crippen molar-refractivity contribution in [1.29, 1.82) is 0 Å². The van der Waals surface area contributed by atoms with E-state index in [-0.39, 0.29) is 11.5 Å². The number of hydrogen-bond donors (Lipinski definition) is 2. The van der Waals surface area contributed by atoms with Crippen LogP contribution in [0.1, 0.15) is 36.7 Å². The summed E-state index contributed by atoms with van der Waals surface area (Å²) in [5.41, 5.74) is 0.808. The minimum atomic E-state index is -1.06.